The number of aryl methyl sites for hydroxylation is 1. The van der Waals surface area contributed by atoms with Gasteiger partial charge in [-0.1, -0.05) is 13.0 Å². The van der Waals surface area contributed by atoms with Crippen LogP contribution in [0.15, 0.2) is 24.3 Å². The average molecular weight is 461 g/mol. The van der Waals surface area contributed by atoms with E-state index in [1.165, 1.54) is 0 Å². The monoisotopic (exact) mass is 460 g/mol. The summed E-state index contributed by atoms with van der Waals surface area (Å²) < 4.78 is 2.21. The summed E-state index contributed by atoms with van der Waals surface area (Å²) in [6, 6.07) is 7.95. The summed E-state index contributed by atoms with van der Waals surface area (Å²) in [7, 11) is 1.98. The summed E-state index contributed by atoms with van der Waals surface area (Å²) in [5.41, 5.74) is 9.29. The number of nitrogens with two attached hydrogens (primary N) is 1. The molecule has 0 aromatic carbocycles. The van der Waals surface area contributed by atoms with Crippen molar-refractivity contribution in [2.75, 3.05) is 16.8 Å². The maximum atomic E-state index is 13.6. The van der Waals surface area contributed by atoms with Gasteiger partial charge in [0.15, 0.2) is 5.82 Å². The van der Waals surface area contributed by atoms with Gasteiger partial charge in [0.05, 0.1) is 17.8 Å². The Bertz CT molecular complexity index is 1250. The number of amides is 1. The van der Waals surface area contributed by atoms with Crippen LogP contribution in [0.1, 0.15) is 80.1 Å². The number of pyridine rings is 2. The first-order valence-electron chi connectivity index (χ1n) is 12.0. The van der Waals surface area contributed by atoms with Gasteiger partial charge in [0.25, 0.3) is 5.91 Å². The first-order valence-corrected chi connectivity index (χ1v) is 12.0. The Morgan fingerprint density at radius 3 is 2.71 bits per heavy atom. The van der Waals surface area contributed by atoms with E-state index in [0.29, 0.717) is 24.0 Å². The minimum atomic E-state index is -0.286. The summed E-state index contributed by atoms with van der Waals surface area (Å²) in [5, 5.41) is 8.82. The highest BCUT2D eigenvalue weighted by atomic mass is 16.2. The fourth-order valence-electron chi connectivity index (χ4n) is 4.88. The van der Waals surface area contributed by atoms with Crippen molar-refractivity contribution in [3.8, 4) is 11.5 Å². The minimum Gasteiger partial charge on any atom is -0.357 e. The Morgan fingerprint density at radius 2 is 2.00 bits per heavy atom. The van der Waals surface area contributed by atoms with Crippen LogP contribution >= 0.6 is 0 Å². The fraction of sp³-hybridized carbons (Fsp3) is 0.480. The van der Waals surface area contributed by atoms with Crippen LogP contribution < -0.4 is 15.5 Å². The second-order valence-electron chi connectivity index (χ2n) is 9.57. The lowest BCUT2D eigenvalue weighted by atomic mass is 10.0. The van der Waals surface area contributed by atoms with Gasteiger partial charge in [-0.2, -0.15) is 0 Å². The maximum Gasteiger partial charge on any atom is 0.260 e. The molecule has 2 aliphatic rings. The fourth-order valence-corrected chi connectivity index (χ4v) is 4.88. The van der Waals surface area contributed by atoms with Gasteiger partial charge in [-0.15, -0.1) is 10.2 Å². The molecule has 0 saturated heterocycles. The predicted octanol–water partition coefficient (Wildman–Crippen LogP) is 3.66. The van der Waals surface area contributed by atoms with Crippen molar-refractivity contribution in [3.63, 3.8) is 0 Å². The van der Waals surface area contributed by atoms with E-state index < -0.39 is 0 Å². The van der Waals surface area contributed by atoms with Gasteiger partial charge < -0.3 is 15.2 Å². The van der Waals surface area contributed by atoms with E-state index in [0.717, 1.165) is 53.7 Å². The molecule has 0 fully saturated rings. The lowest BCUT2D eigenvalue weighted by Gasteiger charge is -2.24. The van der Waals surface area contributed by atoms with Crippen LogP contribution in [0, 0.1) is 0 Å². The summed E-state index contributed by atoms with van der Waals surface area (Å²) in [6.45, 7) is 8.67. The molecule has 9 nitrogen and oxygen atoms in total. The lowest BCUT2D eigenvalue weighted by Crippen LogP contribution is -2.28. The second-order valence-corrected chi connectivity index (χ2v) is 9.57. The first-order chi connectivity index (χ1) is 16.3. The van der Waals surface area contributed by atoms with Crippen molar-refractivity contribution >= 4 is 17.5 Å². The third-order valence-corrected chi connectivity index (χ3v) is 7.05. The number of carbonyl (C=O) groups excluding carboxylic acids is 1. The van der Waals surface area contributed by atoms with Gasteiger partial charge in [0.2, 0.25) is 0 Å². The Morgan fingerprint density at radius 1 is 1.21 bits per heavy atom. The maximum absolute atomic E-state index is 13.6. The SMILES string of the molecule is CC[C@H]1CCc2nnc(-c3cccc(N4Cc5c(cc(N(C)C(C)C)nc5C(C)N)C4=O)n3)n21. The summed E-state index contributed by atoms with van der Waals surface area (Å²) in [5.74, 6) is 3.04. The van der Waals surface area contributed by atoms with E-state index in [2.05, 4.69) is 40.4 Å². The Labute approximate surface area is 200 Å². The topological polar surface area (TPSA) is 106 Å². The van der Waals surface area contributed by atoms with E-state index in [4.69, 9.17) is 15.7 Å². The average Bonchev–Trinajstić information content (AvgIpc) is 3.51. The van der Waals surface area contributed by atoms with E-state index in [1.54, 1.807) is 4.90 Å². The smallest absolute Gasteiger partial charge is 0.260 e. The van der Waals surface area contributed by atoms with Gasteiger partial charge in [-0.3, -0.25) is 9.69 Å². The molecule has 5 heterocycles. The quantitative estimate of drug-likeness (QED) is 0.598. The number of fused-ring (bicyclic) bond motifs is 2. The molecule has 2 atom stereocenters. The number of carbonyl (C=O) groups is 1. The number of aromatic nitrogens is 5. The van der Waals surface area contributed by atoms with Crippen molar-refractivity contribution in [2.45, 2.75) is 71.6 Å². The number of rotatable bonds is 6. The highest BCUT2D eigenvalue weighted by molar-refractivity contribution is 6.10. The van der Waals surface area contributed by atoms with E-state index >= 15 is 0 Å². The zero-order valence-corrected chi connectivity index (χ0v) is 20.5. The molecule has 2 N–H and O–H groups in total. The van der Waals surface area contributed by atoms with Crippen molar-refractivity contribution in [1.82, 2.24) is 24.7 Å². The van der Waals surface area contributed by atoms with Crippen LogP contribution in [0.5, 0.6) is 0 Å². The normalized spacial score (nSPS) is 17.9. The molecule has 178 valence electrons. The summed E-state index contributed by atoms with van der Waals surface area (Å²) >= 11 is 0. The van der Waals surface area contributed by atoms with Gasteiger partial charge in [0, 0.05) is 37.2 Å². The third kappa shape index (κ3) is 3.55. The third-order valence-electron chi connectivity index (χ3n) is 7.05. The standard InChI is InChI=1S/C25H32N8O/c1-6-16-10-11-21-29-30-24(33(16)21)19-8-7-9-20(27-19)32-13-18-17(25(32)34)12-22(31(5)14(2)3)28-23(18)15(4)26/h7-9,12,14-16H,6,10-11,13,26H2,1-5H3/t15?,16-/m0/s1. The zero-order chi connectivity index (χ0) is 24.1. The molecule has 0 saturated carbocycles. The molecule has 0 bridgehead atoms. The Balaban J connectivity index is 1.53. The minimum absolute atomic E-state index is 0.0831. The molecule has 5 rings (SSSR count). The molecule has 1 amide bonds. The molecule has 2 aliphatic heterocycles. The van der Waals surface area contributed by atoms with Gasteiger partial charge in [0.1, 0.15) is 23.2 Å². The zero-order valence-electron chi connectivity index (χ0n) is 20.5. The summed E-state index contributed by atoms with van der Waals surface area (Å²) in [4.78, 5) is 27.0. The molecular formula is C25H32N8O. The van der Waals surface area contributed by atoms with Gasteiger partial charge in [-0.25, -0.2) is 9.97 Å². The van der Waals surface area contributed by atoms with Crippen molar-refractivity contribution in [1.29, 1.82) is 0 Å². The predicted molar refractivity (Wildman–Crippen MR) is 132 cm³/mol. The molecule has 0 spiro atoms. The first kappa shape index (κ1) is 22.5. The molecule has 9 heteroatoms. The van der Waals surface area contributed by atoms with E-state index in [1.807, 2.05) is 38.2 Å². The molecule has 0 aliphatic carbocycles. The number of hydrogen-bond acceptors (Lipinski definition) is 7. The second kappa shape index (κ2) is 8.47. The van der Waals surface area contributed by atoms with Crippen LogP contribution in [-0.2, 0) is 13.0 Å². The molecule has 1 unspecified atom stereocenters. The van der Waals surface area contributed by atoms with Crippen LogP contribution in [-0.4, -0.2) is 43.7 Å². The Hall–Kier alpha value is -3.33. The molecule has 34 heavy (non-hydrogen) atoms. The number of anilines is 2. The molecule has 0 radical (unpaired) electrons. The highest BCUT2D eigenvalue weighted by Gasteiger charge is 2.34. The number of nitrogens with zero attached hydrogens (tertiary/aromatic N) is 7. The molecule has 3 aromatic heterocycles. The van der Waals surface area contributed by atoms with Crippen LogP contribution in [0.3, 0.4) is 0 Å². The number of hydrogen-bond donors (Lipinski definition) is 1. The van der Waals surface area contributed by atoms with Crippen molar-refractivity contribution in [2.24, 2.45) is 5.73 Å². The molecule has 3 aromatic rings. The Kier molecular flexibility index (Phi) is 5.59. The van der Waals surface area contributed by atoms with Crippen LogP contribution in [0.2, 0.25) is 0 Å². The van der Waals surface area contributed by atoms with Gasteiger partial charge >= 0.3 is 0 Å². The summed E-state index contributed by atoms with van der Waals surface area (Å²) in [6.07, 6.45) is 3.04. The van der Waals surface area contributed by atoms with E-state index in [-0.39, 0.29) is 18.0 Å². The van der Waals surface area contributed by atoms with Crippen LogP contribution in [0.4, 0.5) is 11.6 Å². The lowest BCUT2D eigenvalue weighted by molar-refractivity contribution is 0.0996. The van der Waals surface area contributed by atoms with Crippen molar-refractivity contribution in [3.05, 3.63) is 46.9 Å². The highest BCUT2D eigenvalue weighted by Crippen LogP contribution is 2.36. The van der Waals surface area contributed by atoms with Gasteiger partial charge in [-0.05, 0) is 51.8 Å². The van der Waals surface area contributed by atoms with Crippen LogP contribution in [0.25, 0.3) is 11.5 Å². The van der Waals surface area contributed by atoms with Crippen molar-refractivity contribution < 1.29 is 4.79 Å². The largest absolute Gasteiger partial charge is 0.357 e. The van der Waals surface area contributed by atoms with E-state index in [9.17, 15) is 4.79 Å². The molecular weight excluding hydrogens is 428 g/mol.